The number of nitrogens with zero attached hydrogens (tertiary/aromatic N) is 1. The number of aromatic carboxylic acids is 1. The topological polar surface area (TPSA) is 95.1 Å². The van der Waals surface area contributed by atoms with Gasteiger partial charge in [-0.1, -0.05) is 30.3 Å². The lowest BCUT2D eigenvalue weighted by Crippen LogP contribution is -2.34. The highest BCUT2D eigenvalue weighted by atomic mass is 16.4. The van der Waals surface area contributed by atoms with E-state index in [1.54, 1.807) is 0 Å². The molecule has 1 amide bonds. The Labute approximate surface area is 122 Å². The van der Waals surface area contributed by atoms with Crippen LogP contribution in [0.1, 0.15) is 39.9 Å². The molecular formula is C15H17N3O3. The van der Waals surface area contributed by atoms with Crippen LogP contribution in [0.15, 0.2) is 36.7 Å². The quantitative estimate of drug-likeness (QED) is 0.755. The maximum Gasteiger partial charge on any atom is 0.354 e. The first-order valence-electron chi connectivity index (χ1n) is 6.69. The van der Waals surface area contributed by atoms with Crippen LogP contribution in [0, 0.1) is 0 Å². The smallest absolute Gasteiger partial charge is 0.354 e. The van der Waals surface area contributed by atoms with Crippen molar-refractivity contribution in [3.05, 3.63) is 53.6 Å². The van der Waals surface area contributed by atoms with Crippen molar-refractivity contribution < 1.29 is 14.7 Å². The molecule has 0 spiro atoms. The van der Waals surface area contributed by atoms with Gasteiger partial charge in [0.1, 0.15) is 0 Å². The molecule has 2 aromatic rings. The summed E-state index contributed by atoms with van der Waals surface area (Å²) in [4.78, 5) is 29.1. The van der Waals surface area contributed by atoms with Crippen molar-refractivity contribution >= 4 is 11.9 Å². The number of carbonyl (C=O) groups is 2. The summed E-state index contributed by atoms with van der Waals surface area (Å²) in [6.07, 6.45) is 2.81. The van der Waals surface area contributed by atoms with Crippen molar-refractivity contribution in [1.82, 2.24) is 15.3 Å². The molecule has 0 bridgehead atoms. The van der Waals surface area contributed by atoms with E-state index < -0.39 is 11.9 Å². The van der Waals surface area contributed by atoms with Crippen LogP contribution in [0.5, 0.6) is 0 Å². The molecule has 3 N–H and O–H groups in total. The number of carboxylic acids is 1. The van der Waals surface area contributed by atoms with E-state index in [9.17, 15) is 9.59 Å². The number of hydrogen-bond donors (Lipinski definition) is 3. The number of aromatic nitrogens is 2. The summed E-state index contributed by atoms with van der Waals surface area (Å²) in [6.45, 7) is 1.88. The van der Waals surface area contributed by atoms with Gasteiger partial charge in [-0.05, 0) is 25.3 Å². The van der Waals surface area contributed by atoms with E-state index in [1.807, 2.05) is 37.3 Å². The molecule has 0 aliphatic heterocycles. The standard InChI is InChI=1S/C15H17N3O3/c1-10(7-8-11-5-3-2-4-6-11)18-14(19)12-13(15(20)21)17-9-16-12/h2-6,9-10H,7-8H2,1H3,(H,16,17)(H,18,19)(H,20,21). The molecule has 6 nitrogen and oxygen atoms in total. The second-order valence-corrected chi connectivity index (χ2v) is 4.83. The third kappa shape index (κ3) is 3.92. The number of carboxylic acid groups (broad SMARTS) is 1. The Morgan fingerprint density at radius 3 is 2.71 bits per heavy atom. The lowest BCUT2D eigenvalue weighted by atomic mass is 10.1. The molecular weight excluding hydrogens is 270 g/mol. The van der Waals surface area contributed by atoms with Crippen LogP contribution in [0.4, 0.5) is 0 Å². The number of nitrogens with one attached hydrogen (secondary N) is 2. The average molecular weight is 287 g/mol. The SMILES string of the molecule is CC(CCc1ccccc1)NC(=O)c1nc[nH]c1C(=O)O. The molecule has 0 aliphatic carbocycles. The van der Waals surface area contributed by atoms with Gasteiger partial charge in [0, 0.05) is 6.04 Å². The monoisotopic (exact) mass is 287 g/mol. The fraction of sp³-hybridized carbons (Fsp3) is 0.267. The van der Waals surface area contributed by atoms with Gasteiger partial charge in [-0.3, -0.25) is 4.79 Å². The predicted molar refractivity (Wildman–Crippen MR) is 77.2 cm³/mol. The fourth-order valence-electron chi connectivity index (χ4n) is 2.02. The van der Waals surface area contributed by atoms with Gasteiger partial charge in [0.05, 0.1) is 6.33 Å². The number of hydrogen-bond acceptors (Lipinski definition) is 3. The minimum atomic E-state index is -1.20. The zero-order valence-electron chi connectivity index (χ0n) is 11.7. The van der Waals surface area contributed by atoms with Crippen LogP contribution in [-0.4, -0.2) is 33.0 Å². The Balaban J connectivity index is 1.90. The van der Waals surface area contributed by atoms with Crippen LogP contribution in [0.25, 0.3) is 0 Å². The van der Waals surface area contributed by atoms with Gasteiger partial charge in [0.2, 0.25) is 0 Å². The summed E-state index contributed by atoms with van der Waals surface area (Å²) in [6, 6.07) is 9.90. The Kier molecular flexibility index (Phi) is 4.71. The molecule has 1 aromatic carbocycles. The molecule has 0 aliphatic rings. The molecule has 0 saturated carbocycles. The maximum atomic E-state index is 12.0. The van der Waals surface area contributed by atoms with Crippen LogP contribution in [-0.2, 0) is 6.42 Å². The summed E-state index contributed by atoms with van der Waals surface area (Å²) in [5, 5.41) is 11.7. The molecule has 0 fully saturated rings. The number of amides is 1. The highest BCUT2D eigenvalue weighted by molar-refractivity contribution is 6.02. The van der Waals surface area contributed by atoms with Crippen molar-refractivity contribution in [1.29, 1.82) is 0 Å². The highest BCUT2D eigenvalue weighted by Gasteiger charge is 2.20. The minimum absolute atomic E-state index is 0.0731. The van der Waals surface area contributed by atoms with E-state index in [4.69, 9.17) is 5.11 Å². The van der Waals surface area contributed by atoms with E-state index in [0.29, 0.717) is 0 Å². The molecule has 21 heavy (non-hydrogen) atoms. The van der Waals surface area contributed by atoms with Gasteiger partial charge in [-0.15, -0.1) is 0 Å². The summed E-state index contributed by atoms with van der Waals surface area (Å²) >= 11 is 0. The summed E-state index contributed by atoms with van der Waals surface area (Å²) in [5.74, 6) is -1.68. The molecule has 6 heteroatoms. The van der Waals surface area contributed by atoms with Crippen molar-refractivity contribution in [2.24, 2.45) is 0 Å². The zero-order valence-corrected chi connectivity index (χ0v) is 11.7. The molecule has 1 unspecified atom stereocenters. The first kappa shape index (κ1) is 14.8. The molecule has 0 radical (unpaired) electrons. The van der Waals surface area contributed by atoms with Gasteiger partial charge in [0.25, 0.3) is 5.91 Å². The maximum absolute atomic E-state index is 12.0. The number of rotatable bonds is 6. The van der Waals surface area contributed by atoms with E-state index in [1.165, 1.54) is 11.9 Å². The molecule has 0 saturated heterocycles. The Morgan fingerprint density at radius 2 is 2.05 bits per heavy atom. The fourth-order valence-corrected chi connectivity index (χ4v) is 2.02. The number of aryl methyl sites for hydroxylation is 1. The summed E-state index contributed by atoms with van der Waals surface area (Å²) < 4.78 is 0. The summed E-state index contributed by atoms with van der Waals surface area (Å²) in [5.41, 5.74) is 0.918. The van der Waals surface area contributed by atoms with E-state index in [-0.39, 0.29) is 17.4 Å². The number of H-pyrrole nitrogens is 1. The largest absolute Gasteiger partial charge is 0.477 e. The predicted octanol–water partition coefficient (Wildman–Crippen LogP) is 1.86. The Hall–Kier alpha value is -2.63. The van der Waals surface area contributed by atoms with Crippen molar-refractivity contribution in [3.63, 3.8) is 0 Å². The third-order valence-electron chi connectivity index (χ3n) is 3.15. The van der Waals surface area contributed by atoms with Crippen molar-refractivity contribution in [3.8, 4) is 0 Å². The lowest BCUT2D eigenvalue weighted by Gasteiger charge is -2.13. The van der Waals surface area contributed by atoms with Crippen LogP contribution in [0.3, 0.4) is 0 Å². The summed E-state index contributed by atoms with van der Waals surface area (Å²) in [7, 11) is 0. The number of benzene rings is 1. The van der Waals surface area contributed by atoms with Gasteiger partial charge in [0.15, 0.2) is 11.4 Å². The third-order valence-corrected chi connectivity index (χ3v) is 3.15. The van der Waals surface area contributed by atoms with Crippen LogP contribution >= 0.6 is 0 Å². The molecule has 1 aromatic heterocycles. The molecule has 1 atom stereocenters. The van der Waals surface area contributed by atoms with Gasteiger partial charge < -0.3 is 15.4 Å². The molecule has 1 heterocycles. The molecule has 2 rings (SSSR count). The van der Waals surface area contributed by atoms with Crippen molar-refractivity contribution in [2.45, 2.75) is 25.8 Å². The first-order chi connectivity index (χ1) is 10.1. The number of carbonyl (C=O) groups excluding carboxylic acids is 1. The highest BCUT2D eigenvalue weighted by Crippen LogP contribution is 2.07. The first-order valence-corrected chi connectivity index (χ1v) is 6.69. The van der Waals surface area contributed by atoms with Gasteiger partial charge in [-0.25, -0.2) is 9.78 Å². The molecule has 110 valence electrons. The van der Waals surface area contributed by atoms with Gasteiger partial charge >= 0.3 is 5.97 Å². The average Bonchev–Trinajstić information content (AvgIpc) is 2.96. The van der Waals surface area contributed by atoms with E-state index >= 15 is 0 Å². The van der Waals surface area contributed by atoms with E-state index in [0.717, 1.165) is 12.8 Å². The minimum Gasteiger partial charge on any atom is -0.477 e. The van der Waals surface area contributed by atoms with Crippen LogP contribution in [0.2, 0.25) is 0 Å². The van der Waals surface area contributed by atoms with E-state index in [2.05, 4.69) is 15.3 Å². The Morgan fingerprint density at radius 1 is 1.33 bits per heavy atom. The number of aromatic amines is 1. The number of imidazole rings is 1. The lowest BCUT2D eigenvalue weighted by molar-refractivity contribution is 0.0684. The Bertz CT molecular complexity index is 622. The second-order valence-electron chi connectivity index (χ2n) is 4.83. The van der Waals surface area contributed by atoms with Gasteiger partial charge in [-0.2, -0.15) is 0 Å². The van der Waals surface area contributed by atoms with Crippen molar-refractivity contribution in [2.75, 3.05) is 0 Å². The zero-order chi connectivity index (χ0) is 15.2. The normalized spacial score (nSPS) is 11.9. The van der Waals surface area contributed by atoms with Crippen LogP contribution < -0.4 is 5.32 Å². The second kappa shape index (κ2) is 6.69.